The minimum Gasteiger partial charge on any atom is -0.316 e. The molecule has 2 atom stereocenters. The maximum absolute atomic E-state index is 3.67. The summed E-state index contributed by atoms with van der Waals surface area (Å²) >= 11 is 0. The second kappa shape index (κ2) is 9.25. The van der Waals surface area contributed by atoms with Crippen LogP contribution in [0.1, 0.15) is 63.5 Å². The Bertz CT molecular complexity index is 381. The van der Waals surface area contributed by atoms with Crippen LogP contribution in [0.3, 0.4) is 0 Å². The van der Waals surface area contributed by atoms with Crippen molar-refractivity contribution in [1.29, 1.82) is 0 Å². The summed E-state index contributed by atoms with van der Waals surface area (Å²) in [6, 6.07) is 9.35. The summed E-state index contributed by atoms with van der Waals surface area (Å²) < 4.78 is 0. The van der Waals surface area contributed by atoms with Crippen LogP contribution >= 0.6 is 0 Å². The smallest absolute Gasteiger partial charge is 0.00178 e. The summed E-state index contributed by atoms with van der Waals surface area (Å²) in [4.78, 5) is 0. The molecule has 0 saturated heterocycles. The molecule has 1 nitrogen and oxygen atoms in total. The molecule has 1 saturated carbocycles. The van der Waals surface area contributed by atoms with Gasteiger partial charge in [-0.1, -0.05) is 57.4 Å². The van der Waals surface area contributed by atoms with Gasteiger partial charge in [-0.3, -0.25) is 0 Å². The molecule has 0 amide bonds. The standard InChI is InChI=1S/C20H33N/c1-3-14-21-16-20-9-7-5-6-8-19(20)15-18-12-10-17(4-2)11-13-18/h10-13,19-21H,3-9,14-16H2,1-2H3. The summed E-state index contributed by atoms with van der Waals surface area (Å²) in [7, 11) is 0. The number of nitrogens with one attached hydrogen (secondary N) is 1. The number of hydrogen-bond acceptors (Lipinski definition) is 1. The first-order valence-electron chi connectivity index (χ1n) is 9.12. The third-order valence-electron chi connectivity index (χ3n) is 5.08. The quantitative estimate of drug-likeness (QED) is 0.550. The van der Waals surface area contributed by atoms with Crippen molar-refractivity contribution in [3.63, 3.8) is 0 Å². The third kappa shape index (κ3) is 5.47. The SMILES string of the molecule is CCCNCC1CCCCCC1Cc1ccc(CC)cc1. The van der Waals surface area contributed by atoms with E-state index in [4.69, 9.17) is 0 Å². The Kier molecular flexibility index (Phi) is 7.29. The highest BCUT2D eigenvalue weighted by Gasteiger charge is 2.23. The van der Waals surface area contributed by atoms with Crippen molar-refractivity contribution in [2.75, 3.05) is 13.1 Å². The van der Waals surface area contributed by atoms with E-state index < -0.39 is 0 Å². The monoisotopic (exact) mass is 287 g/mol. The summed E-state index contributed by atoms with van der Waals surface area (Å²) in [5.74, 6) is 1.76. The highest BCUT2D eigenvalue weighted by molar-refractivity contribution is 5.23. The number of aryl methyl sites for hydroxylation is 1. The van der Waals surface area contributed by atoms with Crippen molar-refractivity contribution in [2.24, 2.45) is 11.8 Å². The molecule has 2 unspecified atom stereocenters. The van der Waals surface area contributed by atoms with E-state index in [2.05, 4.69) is 43.4 Å². The van der Waals surface area contributed by atoms with Gasteiger partial charge in [-0.25, -0.2) is 0 Å². The zero-order valence-electron chi connectivity index (χ0n) is 14.0. The minimum absolute atomic E-state index is 0.879. The fourth-order valence-electron chi connectivity index (χ4n) is 3.68. The van der Waals surface area contributed by atoms with Crippen LogP contribution in [0.5, 0.6) is 0 Å². The fourth-order valence-corrected chi connectivity index (χ4v) is 3.68. The van der Waals surface area contributed by atoms with Gasteiger partial charge in [0.15, 0.2) is 0 Å². The van der Waals surface area contributed by atoms with E-state index in [0.29, 0.717) is 0 Å². The van der Waals surface area contributed by atoms with Crippen LogP contribution in [0, 0.1) is 11.8 Å². The fraction of sp³-hybridized carbons (Fsp3) is 0.700. The van der Waals surface area contributed by atoms with E-state index in [-0.39, 0.29) is 0 Å². The van der Waals surface area contributed by atoms with E-state index in [1.54, 1.807) is 5.56 Å². The van der Waals surface area contributed by atoms with Crippen molar-refractivity contribution in [1.82, 2.24) is 5.32 Å². The van der Waals surface area contributed by atoms with Gasteiger partial charge >= 0.3 is 0 Å². The molecule has 1 aromatic carbocycles. The first-order chi connectivity index (χ1) is 10.3. The average Bonchev–Trinajstić information content (AvgIpc) is 2.74. The second-order valence-electron chi connectivity index (χ2n) is 6.74. The van der Waals surface area contributed by atoms with Gasteiger partial charge in [-0.2, -0.15) is 0 Å². The minimum atomic E-state index is 0.879. The van der Waals surface area contributed by atoms with Crippen molar-refractivity contribution >= 4 is 0 Å². The zero-order chi connectivity index (χ0) is 14.9. The molecule has 2 rings (SSSR count). The molecular formula is C20H33N. The van der Waals surface area contributed by atoms with Gasteiger partial charge in [-0.05, 0) is 68.2 Å². The molecule has 1 aromatic rings. The molecule has 1 heteroatoms. The summed E-state index contributed by atoms with van der Waals surface area (Å²) in [6.07, 6.45) is 10.8. The Balaban J connectivity index is 1.94. The van der Waals surface area contributed by atoms with Crippen LogP contribution in [0.2, 0.25) is 0 Å². The van der Waals surface area contributed by atoms with E-state index in [0.717, 1.165) is 18.3 Å². The summed E-state index contributed by atoms with van der Waals surface area (Å²) in [5.41, 5.74) is 3.00. The maximum Gasteiger partial charge on any atom is -0.00178 e. The molecule has 0 heterocycles. The molecule has 1 aliphatic rings. The van der Waals surface area contributed by atoms with Gasteiger partial charge in [0.2, 0.25) is 0 Å². The predicted molar refractivity (Wildman–Crippen MR) is 92.7 cm³/mol. The largest absolute Gasteiger partial charge is 0.316 e. The predicted octanol–water partition coefficient (Wildman–Crippen LogP) is 4.99. The van der Waals surface area contributed by atoms with Crippen molar-refractivity contribution in [3.8, 4) is 0 Å². The number of benzene rings is 1. The Labute approximate surface area is 131 Å². The third-order valence-corrected chi connectivity index (χ3v) is 5.08. The first kappa shape index (κ1) is 16.5. The summed E-state index contributed by atoms with van der Waals surface area (Å²) in [5, 5.41) is 3.67. The molecule has 1 N–H and O–H groups in total. The number of hydrogen-bond donors (Lipinski definition) is 1. The molecule has 0 aliphatic heterocycles. The Hall–Kier alpha value is -0.820. The van der Waals surface area contributed by atoms with Crippen molar-refractivity contribution < 1.29 is 0 Å². The normalized spacial score (nSPS) is 23.0. The van der Waals surface area contributed by atoms with Crippen LogP contribution in [-0.2, 0) is 12.8 Å². The maximum atomic E-state index is 3.67. The van der Waals surface area contributed by atoms with E-state index in [1.807, 2.05) is 0 Å². The second-order valence-corrected chi connectivity index (χ2v) is 6.74. The Morgan fingerprint density at radius 2 is 1.57 bits per heavy atom. The van der Waals surface area contributed by atoms with Gasteiger partial charge in [0, 0.05) is 0 Å². The van der Waals surface area contributed by atoms with Crippen LogP contribution in [0.4, 0.5) is 0 Å². The first-order valence-corrected chi connectivity index (χ1v) is 9.12. The molecule has 0 spiro atoms. The highest BCUT2D eigenvalue weighted by Crippen LogP contribution is 2.31. The Morgan fingerprint density at radius 1 is 0.905 bits per heavy atom. The van der Waals surface area contributed by atoms with Gasteiger partial charge < -0.3 is 5.32 Å². The highest BCUT2D eigenvalue weighted by atomic mass is 14.9. The molecule has 0 aromatic heterocycles. The molecular weight excluding hydrogens is 254 g/mol. The van der Waals surface area contributed by atoms with E-state index in [9.17, 15) is 0 Å². The molecule has 1 fully saturated rings. The van der Waals surface area contributed by atoms with Crippen LogP contribution < -0.4 is 5.32 Å². The van der Waals surface area contributed by atoms with Crippen molar-refractivity contribution in [2.45, 2.75) is 65.2 Å². The van der Waals surface area contributed by atoms with Crippen molar-refractivity contribution in [3.05, 3.63) is 35.4 Å². The lowest BCUT2D eigenvalue weighted by atomic mass is 9.83. The van der Waals surface area contributed by atoms with Crippen LogP contribution in [-0.4, -0.2) is 13.1 Å². The molecule has 21 heavy (non-hydrogen) atoms. The molecule has 0 bridgehead atoms. The van der Waals surface area contributed by atoms with Gasteiger partial charge in [0.25, 0.3) is 0 Å². The van der Waals surface area contributed by atoms with E-state index >= 15 is 0 Å². The lowest BCUT2D eigenvalue weighted by Gasteiger charge is -2.26. The van der Waals surface area contributed by atoms with Gasteiger partial charge in [-0.15, -0.1) is 0 Å². The molecule has 118 valence electrons. The summed E-state index contributed by atoms with van der Waals surface area (Å²) in [6.45, 7) is 6.89. The van der Waals surface area contributed by atoms with E-state index in [1.165, 1.54) is 63.6 Å². The molecule has 0 radical (unpaired) electrons. The topological polar surface area (TPSA) is 12.0 Å². The lowest BCUT2D eigenvalue weighted by Crippen LogP contribution is -2.29. The van der Waals surface area contributed by atoms with Gasteiger partial charge in [0.1, 0.15) is 0 Å². The number of rotatable bonds is 7. The van der Waals surface area contributed by atoms with Crippen LogP contribution in [0.15, 0.2) is 24.3 Å². The average molecular weight is 287 g/mol. The van der Waals surface area contributed by atoms with Gasteiger partial charge in [0.05, 0.1) is 0 Å². The lowest BCUT2D eigenvalue weighted by molar-refractivity contribution is 0.298. The van der Waals surface area contributed by atoms with Crippen LogP contribution in [0.25, 0.3) is 0 Å². The molecule has 1 aliphatic carbocycles. The zero-order valence-corrected chi connectivity index (χ0v) is 14.0. The Morgan fingerprint density at radius 3 is 2.24 bits per heavy atom.